The van der Waals surface area contributed by atoms with Gasteiger partial charge in [-0.05, 0) is 6.07 Å². The molecular formula is C15H18N4O3. The van der Waals surface area contributed by atoms with Crippen LogP contribution in [-0.2, 0) is 19.5 Å². The number of aromatic hydroxyl groups is 1. The molecule has 116 valence electrons. The number of hydrogen-bond donors (Lipinski definition) is 3. The number of benzene rings is 1. The monoisotopic (exact) mass is 302 g/mol. The van der Waals surface area contributed by atoms with Crippen LogP contribution in [0.5, 0.6) is 11.5 Å². The van der Waals surface area contributed by atoms with Gasteiger partial charge in [-0.2, -0.15) is 0 Å². The second-order valence-corrected chi connectivity index (χ2v) is 5.33. The summed E-state index contributed by atoms with van der Waals surface area (Å²) in [4.78, 5) is 20.8. The van der Waals surface area contributed by atoms with Gasteiger partial charge in [-0.3, -0.25) is 14.7 Å². The molecule has 0 saturated carbocycles. The SMILES string of the molecule is COc1ccc(CN2CCc3nc(N)[nH]c(=O)c3C2)c(O)c1. The van der Waals surface area contributed by atoms with Gasteiger partial charge in [-0.15, -0.1) is 0 Å². The molecule has 1 aliphatic heterocycles. The van der Waals surface area contributed by atoms with Crippen LogP contribution in [0.3, 0.4) is 0 Å². The number of aromatic amines is 1. The number of nitrogen functional groups attached to an aromatic ring is 1. The van der Waals surface area contributed by atoms with Crippen LogP contribution in [-0.4, -0.2) is 33.6 Å². The first-order valence-electron chi connectivity index (χ1n) is 7.02. The Hall–Kier alpha value is -2.54. The average Bonchev–Trinajstić information content (AvgIpc) is 2.49. The zero-order valence-corrected chi connectivity index (χ0v) is 12.3. The smallest absolute Gasteiger partial charge is 0.257 e. The second kappa shape index (κ2) is 5.69. The number of anilines is 1. The molecule has 2 heterocycles. The van der Waals surface area contributed by atoms with Gasteiger partial charge in [0.1, 0.15) is 11.5 Å². The first-order chi connectivity index (χ1) is 10.6. The first kappa shape index (κ1) is 14.4. The van der Waals surface area contributed by atoms with Gasteiger partial charge in [-0.1, -0.05) is 6.07 Å². The van der Waals surface area contributed by atoms with E-state index >= 15 is 0 Å². The number of ether oxygens (including phenoxy) is 1. The van der Waals surface area contributed by atoms with Gasteiger partial charge in [0.15, 0.2) is 0 Å². The maximum Gasteiger partial charge on any atom is 0.257 e. The van der Waals surface area contributed by atoms with E-state index in [2.05, 4.69) is 14.9 Å². The van der Waals surface area contributed by atoms with Crippen molar-refractivity contribution in [3.63, 3.8) is 0 Å². The van der Waals surface area contributed by atoms with Crippen molar-refractivity contribution >= 4 is 5.95 Å². The molecule has 0 aliphatic carbocycles. The molecule has 1 aliphatic rings. The van der Waals surface area contributed by atoms with Crippen LogP contribution in [0.15, 0.2) is 23.0 Å². The summed E-state index contributed by atoms with van der Waals surface area (Å²) < 4.78 is 5.07. The molecular weight excluding hydrogens is 284 g/mol. The van der Waals surface area contributed by atoms with Crippen molar-refractivity contribution in [2.75, 3.05) is 19.4 Å². The molecule has 0 atom stereocenters. The number of phenolic OH excluding ortho intramolecular Hbond substituents is 1. The summed E-state index contributed by atoms with van der Waals surface area (Å²) in [5, 5.41) is 10.0. The molecule has 4 N–H and O–H groups in total. The summed E-state index contributed by atoms with van der Waals surface area (Å²) in [5.74, 6) is 0.959. The van der Waals surface area contributed by atoms with Crippen LogP contribution in [0.4, 0.5) is 5.95 Å². The van der Waals surface area contributed by atoms with Gasteiger partial charge in [0.25, 0.3) is 5.56 Å². The first-order valence-corrected chi connectivity index (χ1v) is 7.02. The van der Waals surface area contributed by atoms with E-state index in [0.717, 1.165) is 17.8 Å². The van der Waals surface area contributed by atoms with Crippen LogP contribution in [0, 0.1) is 0 Å². The summed E-state index contributed by atoms with van der Waals surface area (Å²) in [7, 11) is 1.56. The Balaban J connectivity index is 1.79. The van der Waals surface area contributed by atoms with Crippen LogP contribution < -0.4 is 16.0 Å². The van der Waals surface area contributed by atoms with Gasteiger partial charge >= 0.3 is 0 Å². The highest BCUT2D eigenvalue weighted by atomic mass is 16.5. The van der Waals surface area contributed by atoms with E-state index < -0.39 is 0 Å². The third-order valence-corrected chi connectivity index (χ3v) is 3.85. The minimum atomic E-state index is -0.189. The fraction of sp³-hybridized carbons (Fsp3) is 0.333. The quantitative estimate of drug-likeness (QED) is 0.768. The molecule has 0 unspecified atom stereocenters. The lowest BCUT2D eigenvalue weighted by Crippen LogP contribution is -2.35. The van der Waals surface area contributed by atoms with E-state index in [1.807, 2.05) is 12.1 Å². The Morgan fingerprint density at radius 2 is 2.32 bits per heavy atom. The molecule has 3 rings (SSSR count). The highest BCUT2D eigenvalue weighted by Crippen LogP contribution is 2.26. The lowest BCUT2D eigenvalue weighted by molar-refractivity contribution is 0.238. The minimum absolute atomic E-state index is 0.157. The topological polar surface area (TPSA) is 104 Å². The normalized spacial score (nSPS) is 14.6. The molecule has 0 fully saturated rings. The Kier molecular flexibility index (Phi) is 3.72. The predicted octanol–water partition coefficient (Wildman–Crippen LogP) is 0.625. The fourth-order valence-corrected chi connectivity index (χ4v) is 2.68. The highest BCUT2D eigenvalue weighted by Gasteiger charge is 2.21. The van der Waals surface area contributed by atoms with Crippen molar-refractivity contribution in [3.05, 3.63) is 45.4 Å². The largest absolute Gasteiger partial charge is 0.507 e. The van der Waals surface area contributed by atoms with Crippen LogP contribution in [0.25, 0.3) is 0 Å². The maximum atomic E-state index is 12.0. The summed E-state index contributed by atoms with van der Waals surface area (Å²) in [5.41, 5.74) is 7.58. The molecule has 1 aromatic heterocycles. The molecule has 7 nitrogen and oxygen atoms in total. The predicted molar refractivity (Wildman–Crippen MR) is 81.7 cm³/mol. The highest BCUT2D eigenvalue weighted by molar-refractivity contribution is 5.39. The molecule has 0 amide bonds. The summed E-state index contributed by atoms with van der Waals surface area (Å²) in [6.45, 7) is 1.80. The van der Waals surface area contributed by atoms with E-state index in [1.54, 1.807) is 13.2 Å². The van der Waals surface area contributed by atoms with Crippen LogP contribution in [0.2, 0.25) is 0 Å². The standard InChI is InChI=1S/C15H18N4O3/c1-22-10-3-2-9(13(20)6-10)7-19-5-4-12-11(8-19)14(21)18-15(16)17-12/h2-3,6,20H,4-5,7-8H2,1H3,(H3,16,17,18,21). The van der Waals surface area contributed by atoms with E-state index in [0.29, 0.717) is 30.8 Å². The van der Waals surface area contributed by atoms with Gasteiger partial charge in [0.05, 0.1) is 18.4 Å². The molecule has 0 saturated heterocycles. The molecule has 0 spiro atoms. The number of fused-ring (bicyclic) bond motifs is 1. The van der Waals surface area contributed by atoms with Crippen molar-refractivity contribution in [1.82, 2.24) is 14.9 Å². The van der Waals surface area contributed by atoms with Crippen molar-refractivity contribution in [3.8, 4) is 11.5 Å². The molecule has 22 heavy (non-hydrogen) atoms. The van der Waals surface area contributed by atoms with Crippen LogP contribution >= 0.6 is 0 Å². The fourth-order valence-electron chi connectivity index (χ4n) is 2.68. The number of nitrogens with one attached hydrogen (secondary N) is 1. The van der Waals surface area contributed by atoms with Crippen molar-refractivity contribution in [1.29, 1.82) is 0 Å². The number of rotatable bonds is 3. The van der Waals surface area contributed by atoms with E-state index in [4.69, 9.17) is 10.5 Å². The summed E-state index contributed by atoms with van der Waals surface area (Å²) in [6, 6.07) is 5.22. The number of methoxy groups -OCH3 is 1. The Morgan fingerprint density at radius 1 is 1.50 bits per heavy atom. The molecule has 7 heteroatoms. The van der Waals surface area contributed by atoms with Gasteiger partial charge in [0, 0.05) is 37.7 Å². The molecule has 1 aromatic carbocycles. The zero-order chi connectivity index (χ0) is 15.7. The van der Waals surface area contributed by atoms with E-state index in [-0.39, 0.29) is 17.3 Å². The zero-order valence-electron chi connectivity index (χ0n) is 12.3. The van der Waals surface area contributed by atoms with Crippen LogP contribution in [0.1, 0.15) is 16.8 Å². The van der Waals surface area contributed by atoms with Crippen molar-refractivity contribution in [2.45, 2.75) is 19.5 Å². The lowest BCUT2D eigenvalue weighted by atomic mass is 10.1. The third kappa shape index (κ3) is 2.75. The maximum absolute atomic E-state index is 12.0. The number of nitrogens with two attached hydrogens (primary N) is 1. The summed E-state index contributed by atoms with van der Waals surface area (Å²) in [6.07, 6.45) is 0.667. The number of H-pyrrole nitrogens is 1. The number of phenols is 1. The number of aromatic nitrogens is 2. The van der Waals surface area contributed by atoms with Crippen molar-refractivity contribution < 1.29 is 9.84 Å². The Bertz CT molecular complexity index is 757. The summed E-state index contributed by atoms with van der Waals surface area (Å²) >= 11 is 0. The number of nitrogens with zero attached hydrogens (tertiary/aromatic N) is 2. The molecule has 0 radical (unpaired) electrons. The second-order valence-electron chi connectivity index (χ2n) is 5.33. The molecule has 2 aromatic rings. The van der Waals surface area contributed by atoms with Gasteiger partial charge < -0.3 is 15.6 Å². The Morgan fingerprint density at radius 3 is 3.05 bits per heavy atom. The average molecular weight is 302 g/mol. The van der Waals surface area contributed by atoms with Gasteiger partial charge in [-0.25, -0.2) is 4.98 Å². The van der Waals surface area contributed by atoms with Crippen molar-refractivity contribution in [2.24, 2.45) is 0 Å². The Labute approximate surface area is 127 Å². The van der Waals surface area contributed by atoms with E-state index in [1.165, 1.54) is 0 Å². The molecule has 0 bridgehead atoms. The lowest BCUT2D eigenvalue weighted by Gasteiger charge is -2.27. The third-order valence-electron chi connectivity index (χ3n) is 3.85. The number of hydrogen-bond acceptors (Lipinski definition) is 6. The van der Waals surface area contributed by atoms with Gasteiger partial charge in [0.2, 0.25) is 5.95 Å². The van der Waals surface area contributed by atoms with E-state index in [9.17, 15) is 9.90 Å². The minimum Gasteiger partial charge on any atom is -0.507 e.